The smallest absolute Gasteiger partial charge is 0.0712 e. The van der Waals surface area contributed by atoms with Crippen molar-refractivity contribution in [1.29, 1.82) is 0 Å². The van der Waals surface area contributed by atoms with Crippen molar-refractivity contribution in [2.75, 3.05) is 0 Å². The van der Waals surface area contributed by atoms with Crippen LogP contribution in [0, 0.1) is 0 Å². The molecule has 0 unspecified atom stereocenters. The van der Waals surface area contributed by atoms with Crippen LogP contribution in [0.2, 0.25) is 0 Å². The summed E-state index contributed by atoms with van der Waals surface area (Å²) in [5.41, 5.74) is 4.74. The summed E-state index contributed by atoms with van der Waals surface area (Å²) in [5, 5.41) is 2.52. The van der Waals surface area contributed by atoms with Gasteiger partial charge in [-0.2, -0.15) is 0 Å². The van der Waals surface area contributed by atoms with Gasteiger partial charge in [-0.1, -0.05) is 33.8 Å². The highest BCUT2D eigenvalue weighted by atomic mass is 14.7. The molecule has 2 aromatic heterocycles. The summed E-state index contributed by atoms with van der Waals surface area (Å²) >= 11 is 0. The fraction of sp³-hybridized carbons (Fsp3) is 0.353. The standard InChI is InChI=1S/C17H20N2/c1-10(2)14-6-5-12-13-9-17(11(3)4)19-16(13)8-7-15(12)18-14/h5-11,19H,1-4H3. The van der Waals surface area contributed by atoms with Gasteiger partial charge in [0.15, 0.2) is 0 Å². The number of benzene rings is 1. The van der Waals surface area contributed by atoms with Crippen LogP contribution in [0.4, 0.5) is 0 Å². The van der Waals surface area contributed by atoms with Crippen molar-refractivity contribution in [3.8, 4) is 0 Å². The van der Waals surface area contributed by atoms with Crippen LogP contribution in [0.3, 0.4) is 0 Å². The Bertz CT molecular complexity index is 735. The van der Waals surface area contributed by atoms with Gasteiger partial charge in [0.1, 0.15) is 0 Å². The lowest BCUT2D eigenvalue weighted by atomic mass is 10.1. The molecule has 0 aliphatic heterocycles. The van der Waals surface area contributed by atoms with Gasteiger partial charge < -0.3 is 4.98 Å². The van der Waals surface area contributed by atoms with Gasteiger partial charge >= 0.3 is 0 Å². The van der Waals surface area contributed by atoms with E-state index in [1.807, 2.05) is 0 Å². The number of nitrogens with one attached hydrogen (secondary N) is 1. The summed E-state index contributed by atoms with van der Waals surface area (Å²) in [6.07, 6.45) is 0. The van der Waals surface area contributed by atoms with E-state index in [0.29, 0.717) is 11.8 Å². The number of hydrogen-bond donors (Lipinski definition) is 1. The largest absolute Gasteiger partial charge is 0.358 e. The van der Waals surface area contributed by atoms with E-state index in [0.717, 1.165) is 11.2 Å². The quantitative estimate of drug-likeness (QED) is 0.686. The third kappa shape index (κ3) is 2.01. The Kier molecular flexibility index (Phi) is 2.81. The summed E-state index contributed by atoms with van der Waals surface area (Å²) in [7, 11) is 0. The van der Waals surface area contributed by atoms with Crippen LogP contribution in [-0.2, 0) is 0 Å². The molecule has 0 atom stereocenters. The number of nitrogens with zero attached hydrogens (tertiary/aromatic N) is 1. The van der Waals surface area contributed by atoms with Crippen LogP contribution in [0.5, 0.6) is 0 Å². The topological polar surface area (TPSA) is 28.7 Å². The lowest BCUT2D eigenvalue weighted by Crippen LogP contribution is -1.92. The number of aromatic amines is 1. The molecule has 0 bridgehead atoms. The Morgan fingerprint density at radius 3 is 2.37 bits per heavy atom. The maximum atomic E-state index is 4.77. The summed E-state index contributed by atoms with van der Waals surface area (Å²) in [6.45, 7) is 8.78. The van der Waals surface area contributed by atoms with Gasteiger partial charge in [0.25, 0.3) is 0 Å². The SMILES string of the molecule is CC(C)c1ccc2c(ccc3[nH]c(C(C)C)cc32)n1. The highest BCUT2D eigenvalue weighted by Gasteiger charge is 2.09. The Balaban J connectivity index is 2.28. The molecule has 3 aromatic rings. The second-order valence-electron chi connectivity index (χ2n) is 5.86. The molecule has 0 amide bonds. The third-order valence-electron chi connectivity index (χ3n) is 3.73. The Hall–Kier alpha value is -1.83. The maximum Gasteiger partial charge on any atom is 0.0712 e. The van der Waals surface area contributed by atoms with E-state index >= 15 is 0 Å². The van der Waals surface area contributed by atoms with Crippen LogP contribution in [0.15, 0.2) is 30.3 Å². The van der Waals surface area contributed by atoms with Gasteiger partial charge in [0.05, 0.1) is 5.52 Å². The summed E-state index contributed by atoms with van der Waals surface area (Å²) in [4.78, 5) is 8.26. The molecule has 2 heterocycles. The number of rotatable bonds is 2. The van der Waals surface area contributed by atoms with E-state index in [-0.39, 0.29) is 0 Å². The molecular formula is C17H20N2. The molecule has 0 fully saturated rings. The maximum absolute atomic E-state index is 4.77. The first kappa shape index (κ1) is 12.2. The van der Waals surface area contributed by atoms with Crippen molar-refractivity contribution >= 4 is 21.8 Å². The molecule has 2 heteroatoms. The van der Waals surface area contributed by atoms with E-state index in [1.54, 1.807) is 0 Å². The van der Waals surface area contributed by atoms with Gasteiger partial charge in [-0.3, -0.25) is 4.98 Å². The molecule has 0 aliphatic carbocycles. The van der Waals surface area contributed by atoms with Gasteiger partial charge in [-0.25, -0.2) is 0 Å². The van der Waals surface area contributed by atoms with Gasteiger partial charge in [-0.05, 0) is 36.1 Å². The minimum atomic E-state index is 0.470. The summed E-state index contributed by atoms with van der Waals surface area (Å²) < 4.78 is 0. The highest BCUT2D eigenvalue weighted by molar-refractivity contribution is 6.05. The van der Waals surface area contributed by atoms with Gasteiger partial charge in [-0.15, -0.1) is 0 Å². The van der Waals surface area contributed by atoms with Crippen LogP contribution in [-0.4, -0.2) is 9.97 Å². The lowest BCUT2D eigenvalue weighted by molar-refractivity contribution is 0.830. The number of H-pyrrole nitrogens is 1. The Labute approximate surface area is 113 Å². The molecule has 0 aliphatic rings. The zero-order valence-electron chi connectivity index (χ0n) is 12.0. The van der Waals surface area contributed by atoms with Crippen LogP contribution in [0.25, 0.3) is 21.8 Å². The minimum Gasteiger partial charge on any atom is -0.358 e. The first-order valence-electron chi connectivity index (χ1n) is 6.98. The average molecular weight is 252 g/mol. The first-order chi connectivity index (χ1) is 9.06. The molecule has 0 spiro atoms. The van der Waals surface area contributed by atoms with Crippen molar-refractivity contribution in [3.63, 3.8) is 0 Å². The fourth-order valence-corrected chi connectivity index (χ4v) is 2.49. The van der Waals surface area contributed by atoms with Gasteiger partial charge in [0.2, 0.25) is 0 Å². The molecule has 1 N–H and O–H groups in total. The molecule has 0 saturated carbocycles. The van der Waals surface area contributed by atoms with Crippen molar-refractivity contribution in [3.05, 3.63) is 41.7 Å². The number of hydrogen-bond acceptors (Lipinski definition) is 1. The second-order valence-corrected chi connectivity index (χ2v) is 5.86. The van der Waals surface area contributed by atoms with E-state index in [9.17, 15) is 0 Å². The highest BCUT2D eigenvalue weighted by Crippen LogP contribution is 2.28. The van der Waals surface area contributed by atoms with Crippen LogP contribution in [0.1, 0.15) is 50.9 Å². The lowest BCUT2D eigenvalue weighted by Gasteiger charge is -2.06. The van der Waals surface area contributed by atoms with Crippen molar-refractivity contribution in [2.24, 2.45) is 0 Å². The monoisotopic (exact) mass is 252 g/mol. The minimum absolute atomic E-state index is 0.470. The Morgan fingerprint density at radius 1 is 0.895 bits per heavy atom. The molecule has 0 radical (unpaired) electrons. The molecule has 19 heavy (non-hydrogen) atoms. The molecule has 3 rings (SSSR count). The van der Waals surface area contributed by atoms with Crippen molar-refractivity contribution in [1.82, 2.24) is 9.97 Å². The molecule has 0 saturated heterocycles. The number of fused-ring (bicyclic) bond motifs is 3. The van der Waals surface area contributed by atoms with E-state index in [2.05, 4.69) is 63.0 Å². The van der Waals surface area contributed by atoms with Gasteiger partial charge in [0, 0.05) is 27.7 Å². The molecule has 1 aromatic carbocycles. The van der Waals surface area contributed by atoms with E-state index < -0.39 is 0 Å². The predicted molar refractivity (Wildman–Crippen MR) is 81.8 cm³/mol. The second kappa shape index (κ2) is 4.37. The molecule has 2 nitrogen and oxygen atoms in total. The summed E-state index contributed by atoms with van der Waals surface area (Å²) in [6, 6.07) is 10.9. The van der Waals surface area contributed by atoms with Crippen LogP contribution < -0.4 is 0 Å². The number of aromatic nitrogens is 2. The molecular weight excluding hydrogens is 232 g/mol. The van der Waals surface area contributed by atoms with Crippen molar-refractivity contribution < 1.29 is 0 Å². The summed E-state index contributed by atoms with van der Waals surface area (Å²) in [5.74, 6) is 0.989. The predicted octanol–water partition coefficient (Wildman–Crippen LogP) is 4.96. The van der Waals surface area contributed by atoms with E-state index in [4.69, 9.17) is 4.98 Å². The normalized spacial score (nSPS) is 12.1. The Morgan fingerprint density at radius 2 is 1.68 bits per heavy atom. The third-order valence-corrected chi connectivity index (χ3v) is 3.73. The first-order valence-corrected chi connectivity index (χ1v) is 6.98. The average Bonchev–Trinajstić information content (AvgIpc) is 2.82. The zero-order chi connectivity index (χ0) is 13.6. The van der Waals surface area contributed by atoms with Crippen molar-refractivity contribution in [2.45, 2.75) is 39.5 Å². The zero-order valence-corrected chi connectivity index (χ0v) is 12.0. The fourth-order valence-electron chi connectivity index (χ4n) is 2.49. The van der Waals surface area contributed by atoms with E-state index in [1.165, 1.54) is 22.0 Å². The molecule has 98 valence electrons. The van der Waals surface area contributed by atoms with Crippen LogP contribution >= 0.6 is 0 Å². The number of pyridine rings is 1.